The summed E-state index contributed by atoms with van der Waals surface area (Å²) in [6.07, 6.45) is 0. The van der Waals surface area contributed by atoms with Crippen LogP contribution in [0.1, 0.15) is 6.92 Å². The van der Waals surface area contributed by atoms with Gasteiger partial charge in [-0.05, 0) is 74.1 Å². The molecule has 0 bridgehead atoms. The molecule has 0 aliphatic carbocycles. The van der Waals surface area contributed by atoms with Crippen LogP contribution in [0.3, 0.4) is 0 Å². The summed E-state index contributed by atoms with van der Waals surface area (Å²) in [5, 5.41) is 19.1. The van der Waals surface area contributed by atoms with Crippen LogP contribution < -0.4 is 42.4 Å². The van der Waals surface area contributed by atoms with E-state index in [0.29, 0.717) is 0 Å². The zero-order chi connectivity index (χ0) is 52.7. The van der Waals surface area contributed by atoms with Gasteiger partial charge in [-0.1, -0.05) is 243 Å². The van der Waals surface area contributed by atoms with Gasteiger partial charge in [-0.2, -0.15) is 0 Å². The molecule has 1 radical (unpaired) electrons. The first-order valence-electron chi connectivity index (χ1n) is 21.0. The third-order valence-electron chi connectivity index (χ3n) is 9.11. The molecule has 0 heterocycles. The van der Waals surface area contributed by atoms with Crippen molar-refractivity contribution in [1.29, 1.82) is 0 Å². The van der Waals surface area contributed by atoms with Crippen molar-refractivity contribution in [2.45, 2.75) is 6.92 Å². The minimum Gasteiger partial charge on any atom is -0.0622 e. The average molecular weight is 1230 g/mol. The van der Waals surface area contributed by atoms with Crippen LogP contribution in [-0.4, -0.2) is 30.1 Å². The molecule has 1 N–H and O–H groups in total. The Morgan fingerprint density at radius 1 is 0.356 bits per heavy atom. The van der Waals surface area contributed by atoms with Gasteiger partial charge in [-0.15, -0.1) is 0 Å². The van der Waals surface area contributed by atoms with Crippen LogP contribution in [0.15, 0.2) is 243 Å². The number of carboxylic acids is 1. The first-order chi connectivity index (χ1) is 34.6. The molecule has 0 saturated carbocycles. The van der Waals surface area contributed by atoms with Crippen LogP contribution in [0.4, 0.5) is 17.3 Å². The molecule has 8 aromatic carbocycles. The molecule has 6 nitrogen and oxygen atoms in total. The second-order valence-corrected chi connectivity index (χ2v) is 23.5. The van der Waals surface area contributed by atoms with Crippen molar-refractivity contribution in [1.82, 2.24) is 0 Å². The van der Waals surface area contributed by atoms with E-state index in [-0.39, 0.29) is 39.0 Å². The fourth-order valence-electron chi connectivity index (χ4n) is 6.40. The number of hydrogen-bond acceptors (Lipinski definition) is 1. The Kier molecular flexibility index (Phi) is 41.6. The maximum atomic E-state index is 9.75. The number of benzene rings is 8. The molecule has 375 valence electrons. The molecule has 0 spiro atoms. The van der Waals surface area contributed by atoms with Crippen molar-refractivity contribution in [3.05, 3.63) is 269 Å². The Bertz CT molecular complexity index is 2150. The number of halogens is 4. The number of hydrogen-bond donors (Lipinski definition) is 1. The Hall–Kier alpha value is -5.06. The van der Waals surface area contributed by atoms with Crippen LogP contribution in [0.2, 0.25) is 0 Å². The van der Waals surface area contributed by atoms with Gasteiger partial charge in [0.2, 0.25) is 0 Å². The molecule has 8 rings (SSSR count). The quantitative estimate of drug-likeness (QED) is 0.0431. The summed E-state index contributed by atoms with van der Waals surface area (Å²) >= 11 is 0. The van der Waals surface area contributed by atoms with Crippen molar-refractivity contribution in [3.63, 3.8) is 0 Å². The summed E-state index contributed by atoms with van der Waals surface area (Å²) in [5.74, 6) is 1.51. The van der Waals surface area contributed by atoms with E-state index in [1.54, 1.807) is 0 Å². The first-order valence-corrected chi connectivity index (χ1v) is 27.1. The van der Waals surface area contributed by atoms with Crippen LogP contribution >= 0.6 is 31.7 Å². The van der Waals surface area contributed by atoms with Crippen molar-refractivity contribution < 1.29 is 84.7 Å². The van der Waals surface area contributed by atoms with Gasteiger partial charge in [-0.25, -0.2) is 0 Å². The molecule has 0 aliphatic rings. The third-order valence-corrected chi connectivity index (χ3v) is 21.0. The van der Waals surface area contributed by atoms with Gasteiger partial charge in [0.05, 0.1) is 0 Å². The fourth-order valence-corrected chi connectivity index (χ4v) is 19.3. The van der Waals surface area contributed by atoms with Crippen LogP contribution in [0, 0.1) is 26.6 Å². The van der Waals surface area contributed by atoms with E-state index in [4.69, 9.17) is 28.5 Å². The third kappa shape index (κ3) is 28.8. The molecule has 0 amide bonds. The molecule has 0 aromatic heterocycles. The number of carboxylic acid groups (broad SMARTS) is 1. The number of aliphatic carboxylic acids is 1. The van der Waals surface area contributed by atoms with Crippen molar-refractivity contribution >= 4 is 87.3 Å². The monoisotopic (exact) mass is 1230 g/mol. The SMILES string of the molecule is CC(=O)O.F[B-](F)(F)F.[C-]#[O+].[C-]#[O+].[C-]#[O+].[C-]#[O+].[Ru+].[Ru].c1ccc(P(CP(c2ccccc2)c2ccccc2)c2ccccc2)cc1.c1ccc(P(CP(c2ccccc2)c2ccccc2)c2ccccc2)cc1. The zero-order valence-electron chi connectivity index (χ0n) is 39.1. The molecule has 73 heavy (non-hydrogen) atoms. The molecule has 8 aromatic rings. The first kappa shape index (κ1) is 70.0. The van der Waals surface area contributed by atoms with Gasteiger partial charge in [0, 0.05) is 38.2 Å². The van der Waals surface area contributed by atoms with Gasteiger partial charge in [-0.3, -0.25) is 4.79 Å². The van der Waals surface area contributed by atoms with Crippen LogP contribution in [-0.2, 0) is 62.4 Å². The summed E-state index contributed by atoms with van der Waals surface area (Å²) in [6, 6.07) is 88.3. The molecule has 0 fully saturated rings. The standard InChI is InChI=1S/2C25H22P2.C2H4O2.4CO.BF4.2Ru/c2*1-5-13-22(14-6-1)26(23-15-7-2-8-16-23)21-27(24-17-9-3-10-18-24)25-19-11-4-12-20-25;1-2(3)4;4*1-2;2-1(3,4)5;;/h2*1-20H,21H2;1H3,(H,3,4);;;;;;;/q;;;;;;;-1;;+1. The van der Waals surface area contributed by atoms with E-state index in [9.17, 15) is 17.3 Å². The fraction of sp³-hybridized carbons (Fsp3) is 0.0536. The largest absolute Gasteiger partial charge is 1.00 e. The van der Waals surface area contributed by atoms with Crippen LogP contribution in [0.5, 0.6) is 0 Å². The van der Waals surface area contributed by atoms with Crippen LogP contribution in [0.25, 0.3) is 0 Å². The number of rotatable bonds is 12. The summed E-state index contributed by atoms with van der Waals surface area (Å²) in [5.41, 5.74) is 0. The Labute approximate surface area is 457 Å². The van der Waals surface area contributed by atoms with Gasteiger partial charge >= 0.3 is 71.9 Å². The van der Waals surface area contributed by atoms with E-state index < -0.39 is 44.9 Å². The van der Waals surface area contributed by atoms with Gasteiger partial charge in [0.1, 0.15) is 0 Å². The minimum atomic E-state index is -6.00. The maximum absolute atomic E-state index is 9.75. The zero-order valence-corrected chi connectivity index (χ0v) is 46.1. The average Bonchev–Trinajstić information content (AvgIpc) is 3.43. The predicted octanol–water partition coefficient (Wildman–Crippen LogP) is 11.7. The smallest absolute Gasteiger partial charge is 0.0622 e. The second-order valence-electron chi connectivity index (χ2n) is 13.7. The second kappa shape index (κ2) is 43.4. The normalized spacial score (nSPS) is 9.44. The minimum absolute atomic E-state index is 0. The van der Waals surface area contributed by atoms with Gasteiger partial charge < -0.3 is 22.4 Å². The Balaban J connectivity index is 0. The topological polar surface area (TPSA) is 117 Å². The van der Waals surface area contributed by atoms with Crippen molar-refractivity contribution in [3.8, 4) is 0 Å². The summed E-state index contributed by atoms with van der Waals surface area (Å²) in [7, 11) is -7.63. The molecule has 0 unspecified atom stereocenters. The van der Waals surface area contributed by atoms with E-state index in [0.717, 1.165) is 6.92 Å². The predicted molar refractivity (Wildman–Crippen MR) is 285 cm³/mol. The maximum Gasteiger partial charge on any atom is 1.00 e. The summed E-state index contributed by atoms with van der Waals surface area (Å²) < 4.78 is 69.0. The molecule has 0 saturated heterocycles. The molecule has 0 atom stereocenters. The summed E-state index contributed by atoms with van der Waals surface area (Å²) in [6.45, 7) is 19.1. The van der Waals surface area contributed by atoms with Crippen molar-refractivity contribution in [2.24, 2.45) is 0 Å². The summed E-state index contributed by atoms with van der Waals surface area (Å²) in [4.78, 5) is 9.00. The van der Waals surface area contributed by atoms with E-state index in [1.165, 1.54) is 54.2 Å². The van der Waals surface area contributed by atoms with E-state index in [1.807, 2.05) is 0 Å². The number of carbonyl (C=O) groups is 1. The molecule has 0 aliphatic heterocycles. The molecular weight excluding hydrogens is 1180 g/mol. The Morgan fingerprint density at radius 3 is 0.521 bits per heavy atom. The Morgan fingerprint density at radius 2 is 0.438 bits per heavy atom. The van der Waals surface area contributed by atoms with E-state index in [2.05, 4.69) is 269 Å². The molecule has 17 heteroatoms. The molecular formula is C56H48BF4O6P4Ru2. The van der Waals surface area contributed by atoms with E-state index >= 15 is 0 Å². The van der Waals surface area contributed by atoms with Gasteiger partial charge in [0.15, 0.2) is 0 Å². The van der Waals surface area contributed by atoms with Gasteiger partial charge in [0.25, 0.3) is 5.97 Å². The van der Waals surface area contributed by atoms with Crippen molar-refractivity contribution in [2.75, 3.05) is 11.8 Å².